The molecule has 2 fully saturated rings. The van der Waals surface area contributed by atoms with Crippen molar-refractivity contribution in [3.8, 4) is 0 Å². The van der Waals surface area contributed by atoms with Crippen molar-refractivity contribution in [3.63, 3.8) is 0 Å². The maximum absolute atomic E-state index is 11.9. The fourth-order valence-electron chi connectivity index (χ4n) is 3.13. The van der Waals surface area contributed by atoms with Crippen LogP contribution in [0.2, 0.25) is 0 Å². The summed E-state index contributed by atoms with van der Waals surface area (Å²) in [6.45, 7) is 1.96. The molecule has 1 saturated carbocycles. The molecule has 2 aliphatic rings. The Bertz CT molecular complexity index is 533. The SMILES string of the molecule is CC1(C(=O)O)CCCC1NC(=O)NCC1CCS(=O)(=O)C1. The molecular formula is C13H22N2O5S. The number of hydrogen-bond acceptors (Lipinski definition) is 4. The number of amides is 2. The summed E-state index contributed by atoms with van der Waals surface area (Å²) in [5.74, 6) is -0.646. The maximum Gasteiger partial charge on any atom is 0.315 e. The van der Waals surface area contributed by atoms with Crippen LogP contribution >= 0.6 is 0 Å². The molecular weight excluding hydrogens is 296 g/mol. The highest BCUT2D eigenvalue weighted by molar-refractivity contribution is 7.91. The number of urea groups is 1. The fourth-order valence-corrected chi connectivity index (χ4v) is 4.99. The molecule has 3 unspecified atom stereocenters. The molecule has 0 aromatic rings. The summed E-state index contributed by atoms with van der Waals surface area (Å²) in [5.41, 5.74) is -0.923. The number of carbonyl (C=O) groups is 2. The second kappa shape index (κ2) is 5.82. The van der Waals surface area contributed by atoms with Crippen molar-refractivity contribution < 1.29 is 23.1 Å². The van der Waals surface area contributed by atoms with Gasteiger partial charge in [0.05, 0.1) is 16.9 Å². The lowest BCUT2D eigenvalue weighted by Gasteiger charge is -2.27. The third kappa shape index (κ3) is 3.66. The van der Waals surface area contributed by atoms with Crippen molar-refractivity contribution in [2.45, 2.75) is 38.6 Å². The molecule has 1 heterocycles. The molecule has 2 rings (SSSR count). The van der Waals surface area contributed by atoms with Crippen LogP contribution in [-0.2, 0) is 14.6 Å². The van der Waals surface area contributed by atoms with Crippen LogP contribution in [0.25, 0.3) is 0 Å². The van der Waals surface area contributed by atoms with E-state index in [0.717, 1.165) is 6.42 Å². The molecule has 0 bridgehead atoms. The van der Waals surface area contributed by atoms with Crippen LogP contribution in [0.4, 0.5) is 4.79 Å². The predicted octanol–water partition coefficient (Wildman–Crippen LogP) is 0.364. The molecule has 7 nitrogen and oxygen atoms in total. The van der Waals surface area contributed by atoms with E-state index in [4.69, 9.17) is 0 Å². The Kier molecular flexibility index (Phi) is 4.46. The Labute approximate surface area is 124 Å². The van der Waals surface area contributed by atoms with Gasteiger partial charge in [-0.05, 0) is 32.1 Å². The second-order valence-electron chi connectivity index (χ2n) is 6.29. The Morgan fingerprint density at radius 1 is 1.33 bits per heavy atom. The molecule has 0 radical (unpaired) electrons. The lowest BCUT2D eigenvalue weighted by molar-refractivity contribution is -0.148. The molecule has 0 aromatic heterocycles. The first-order chi connectivity index (χ1) is 9.73. The Balaban J connectivity index is 1.81. The van der Waals surface area contributed by atoms with Gasteiger partial charge in [-0.2, -0.15) is 0 Å². The minimum Gasteiger partial charge on any atom is -0.481 e. The summed E-state index contributed by atoms with van der Waals surface area (Å²) in [7, 11) is -2.94. The molecule has 0 spiro atoms. The number of sulfone groups is 1. The van der Waals surface area contributed by atoms with Gasteiger partial charge < -0.3 is 15.7 Å². The molecule has 3 atom stereocenters. The van der Waals surface area contributed by atoms with Gasteiger partial charge in [0.25, 0.3) is 0 Å². The van der Waals surface area contributed by atoms with E-state index >= 15 is 0 Å². The Morgan fingerprint density at radius 3 is 2.62 bits per heavy atom. The highest BCUT2D eigenvalue weighted by Crippen LogP contribution is 2.38. The van der Waals surface area contributed by atoms with Crippen molar-refractivity contribution in [2.24, 2.45) is 11.3 Å². The minimum atomic E-state index is -2.94. The number of nitrogens with one attached hydrogen (secondary N) is 2. The topological polar surface area (TPSA) is 113 Å². The van der Waals surface area contributed by atoms with Gasteiger partial charge in [-0.25, -0.2) is 13.2 Å². The van der Waals surface area contributed by atoms with Crippen LogP contribution in [0.5, 0.6) is 0 Å². The normalized spacial score (nSPS) is 34.5. The van der Waals surface area contributed by atoms with E-state index in [9.17, 15) is 23.1 Å². The zero-order valence-corrected chi connectivity index (χ0v) is 12.9. The van der Waals surface area contributed by atoms with Crippen LogP contribution in [0.1, 0.15) is 32.6 Å². The summed E-state index contributed by atoms with van der Waals surface area (Å²) in [6.07, 6.45) is 2.54. The zero-order chi connectivity index (χ0) is 15.7. The van der Waals surface area contributed by atoms with Crippen molar-refractivity contribution in [2.75, 3.05) is 18.1 Å². The third-order valence-corrected chi connectivity index (χ3v) is 6.47. The first-order valence-corrected chi connectivity index (χ1v) is 9.03. The number of aliphatic carboxylic acids is 1. The summed E-state index contributed by atoms with van der Waals surface area (Å²) in [5, 5.41) is 14.7. The molecule has 21 heavy (non-hydrogen) atoms. The highest BCUT2D eigenvalue weighted by Gasteiger charge is 2.45. The summed E-state index contributed by atoms with van der Waals surface area (Å²) >= 11 is 0. The largest absolute Gasteiger partial charge is 0.481 e. The van der Waals surface area contributed by atoms with Crippen LogP contribution < -0.4 is 10.6 Å². The van der Waals surface area contributed by atoms with E-state index in [1.54, 1.807) is 6.92 Å². The first kappa shape index (κ1) is 16.1. The maximum atomic E-state index is 11.9. The quantitative estimate of drug-likeness (QED) is 0.693. The van der Waals surface area contributed by atoms with E-state index in [-0.39, 0.29) is 23.5 Å². The summed E-state index contributed by atoms with van der Waals surface area (Å²) in [4.78, 5) is 23.2. The van der Waals surface area contributed by atoms with Gasteiger partial charge in [0.1, 0.15) is 0 Å². The van der Waals surface area contributed by atoms with Gasteiger partial charge in [-0.1, -0.05) is 6.42 Å². The predicted molar refractivity (Wildman–Crippen MR) is 76.7 cm³/mol. The van der Waals surface area contributed by atoms with Gasteiger partial charge in [0.2, 0.25) is 0 Å². The average Bonchev–Trinajstić information content (AvgIpc) is 2.92. The molecule has 3 N–H and O–H groups in total. The Hall–Kier alpha value is -1.31. The zero-order valence-electron chi connectivity index (χ0n) is 12.1. The van der Waals surface area contributed by atoms with Crippen molar-refractivity contribution in [1.82, 2.24) is 10.6 Å². The average molecular weight is 318 g/mol. The van der Waals surface area contributed by atoms with E-state index in [1.807, 2.05) is 0 Å². The third-order valence-electron chi connectivity index (χ3n) is 4.63. The van der Waals surface area contributed by atoms with E-state index in [1.165, 1.54) is 0 Å². The molecule has 0 aromatic carbocycles. The lowest BCUT2D eigenvalue weighted by Crippen LogP contribution is -2.50. The van der Waals surface area contributed by atoms with Crippen LogP contribution in [0, 0.1) is 11.3 Å². The second-order valence-corrected chi connectivity index (χ2v) is 8.52. The summed E-state index contributed by atoms with van der Waals surface area (Å²) < 4.78 is 22.7. The molecule has 2 amide bonds. The minimum absolute atomic E-state index is 0.0461. The van der Waals surface area contributed by atoms with Crippen LogP contribution in [0.3, 0.4) is 0 Å². The summed E-state index contributed by atoms with van der Waals surface area (Å²) in [6, 6.07) is -0.805. The first-order valence-electron chi connectivity index (χ1n) is 7.21. The number of rotatable bonds is 4. The number of carboxylic acids is 1. The molecule has 120 valence electrons. The lowest BCUT2D eigenvalue weighted by atomic mass is 9.85. The molecule has 1 aliphatic heterocycles. The van der Waals surface area contributed by atoms with E-state index in [2.05, 4.69) is 10.6 Å². The van der Waals surface area contributed by atoms with Gasteiger partial charge in [-0.3, -0.25) is 4.79 Å². The fraction of sp³-hybridized carbons (Fsp3) is 0.846. The number of carbonyl (C=O) groups excluding carboxylic acids is 1. The van der Waals surface area contributed by atoms with Crippen molar-refractivity contribution in [3.05, 3.63) is 0 Å². The smallest absolute Gasteiger partial charge is 0.315 e. The van der Waals surface area contributed by atoms with Gasteiger partial charge in [0.15, 0.2) is 9.84 Å². The van der Waals surface area contributed by atoms with Gasteiger partial charge >= 0.3 is 12.0 Å². The Morgan fingerprint density at radius 2 is 2.05 bits per heavy atom. The number of hydrogen-bond donors (Lipinski definition) is 3. The van der Waals surface area contributed by atoms with Gasteiger partial charge in [-0.15, -0.1) is 0 Å². The van der Waals surface area contributed by atoms with E-state index < -0.39 is 27.3 Å². The molecule has 8 heteroatoms. The van der Waals surface area contributed by atoms with Crippen molar-refractivity contribution >= 4 is 21.8 Å². The standard InChI is InChI=1S/C13H22N2O5S/c1-13(11(16)17)5-2-3-10(13)15-12(18)14-7-9-4-6-21(19,20)8-9/h9-10H,2-8H2,1H3,(H,16,17)(H2,14,15,18). The number of carboxylic acid groups (broad SMARTS) is 1. The van der Waals surface area contributed by atoms with E-state index in [0.29, 0.717) is 25.8 Å². The highest BCUT2D eigenvalue weighted by atomic mass is 32.2. The van der Waals surface area contributed by atoms with Crippen molar-refractivity contribution in [1.29, 1.82) is 0 Å². The monoisotopic (exact) mass is 318 g/mol. The molecule has 1 aliphatic carbocycles. The molecule has 1 saturated heterocycles. The van der Waals surface area contributed by atoms with Gasteiger partial charge in [0, 0.05) is 12.6 Å². The van der Waals surface area contributed by atoms with Crippen LogP contribution in [0.15, 0.2) is 0 Å². The van der Waals surface area contributed by atoms with Crippen LogP contribution in [-0.4, -0.2) is 49.6 Å².